The highest BCUT2D eigenvalue weighted by Gasteiger charge is 2.46. The number of hydrogen-bond acceptors (Lipinski definition) is 3. The lowest BCUT2D eigenvalue weighted by atomic mass is 9.71. The first-order valence-corrected chi connectivity index (χ1v) is 7.84. The molecule has 1 N–H and O–H groups in total. The Morgan fingerprint density at radius 2 is 1.89 bits per heavy atom. The molecule has 1 aromatic carbocycles. The maximum absolute atomic E-state index is 12.1. The second-order valence-electron chi connectivity index (χ2n) is 6.11. The van der Waals surface area contributed by atoms with Gasteiger partial charge in [-0.25, -0.2) is 8.42 Å². The third-order valence-electron chi connectivity index (χ3n) is 3.65. The van der Waals surface area contributed by atoms with Crippen LogP contribution in [-0.2, 0) is 14.6 Å². The van der Waals surface area contributed by atoms with Crippen LogP contribution in [-0.4, -0.2) is 25.2 Å². The Labute approximate surface area is 113 Å². The average Bonchev–Trinajstić information content (AvgIpc) is 2.49. The Morgan fingerprint density at radius 1 is 1.32 bits per heavy atom. The van der Waals surface area contributed by atoms with E-state index in [0.717, 1.165) is 0 Å². The topological polar surface area (TPSA) is 71.4 Å². The minimum Gasteiger partial charge on any atom is -0.481 e. The molecule has 1 heterocycles. The largest absolute Gasteiger partial charge is 0.481 e. The van der Waals surface area contributed by atoms with Crippen LogP contribution >= 0.6 is 0 Å². The number of carboxylic acid groups (broad SMARTS) is 1. The van der Waals surface area contributed by atoms with E-state index in [1.807, 2.05) is 20.8 Å². The molecule has 0 bridgehead atoms. The molecule has 0 radical (unpaired) electrons. The molecule has 5 heteroatoms. The lowest BCUT2D eigenvalue weighted by Gasteiger charge is -2.31. The van der Waals surface area contributed by atoms with Crippen molar-refractivity contribution in [3.63, 3.8) is 0 Å². The van der Waals surface area contributed by atoms with Gasteiger partial charge in [-0.3, -0.25) is 4.79 Å². The summed E-state index contributed by atoms with van der Waals surface area (Å²) in [4.78, 5) is 11.8. The summed E-state index contributed by atoms with van der Waals surface area (Å²) in [6.07, 6.45) is 0. The number of hydrogen-bond donors (Lipinski definition) is 1. The van der Waals surface area contributed by atoms with E-state index in [1.165, 1.54) is 0 Å². The highest BCUT2D eigenvalue weighted by atomic mass is 32.2. The normalized spacial score (nSPS) is 22.8. The summed E-state index contributed by atoms with van der Waals surface area (Å²) in [5, 5.41) is 9.47. The van der Waals surface area contributed by atoms with Crippen LogP contribution in [0.2, 0.25) is 0 Å². The molecule has 19 heavy (non-hydrogen) atoms. The van der Waals surface area contributed by atoms with E-state index < -0.39 is 33.1 Å². The van der Waals surface area contributed by atoms with Crippen LogP contribution < -0.4 is 0 Å². The predicted octanol–water partition coefficient (Wildman–Crippen LogP) is 2.30. The van der Waals surface area contributed by atoms with Gasteiger partial charge in [-0.15, -0.1) is 0 Å². The zero-order chi connectivity index (χ0) is 14.4. The smallest absolute Gasteiger partial charge is 0.307 e. The maximum atomic E-state index is 12.1. The fourth-order valence-corrected chi connectivity index (χ4v) is 4.80. The molecule has 1 aliphatic heterocycles. The first kappa shape index (κ1) is 14.1. The lowest BCUT2D eigenvalue weighted by Crippen LogP contribution is -2.34. The fraction of sp³-hybridized carbons (Fsp3) is 0.500. The van der Waals surface area contributed by atoms with Crippen LogP contribution in [0.3, 0.4) is 0 Å². The number of carbonyl (C=O) groups is 1. The Hall–Kier alpha value is -1.36. The van der Waals surface area contributed by atoms with Crippen molar-refractivity contribution in [3.8, 4) is 0 Å². The summed E-state index contributed by atoms with van der Waals surface area (Å²) >= 11 is 0. The number of fused-ring (bicyclic) bond motifs is 1. The van der Waals surface area contributed by atoms with E-state index in [-0.39, 0.29) is 10.6 Å². The van der Waals surface area contributed by atoms with E-state index in [0.29, 0.717) is 5.56 Å². The van der Waals surface area contributed by atoms with E-state index in [9.17, 15) is 18.3 Å². The van der Waals surface area contributed by atoms with Gasteiger partial charge in [-0.2, -0.15) is 0 Å². The standard InChI is InChI=1S/C14H18O4S/c1-14(2,3)12(13(15)16)10-8-19(17,18)11-7-5-4-6-9(10)11/h4-7,10,12H,8H2,1-3H3,(H,15,16). The molecule has 1 aliphatic rings. The molecule has 0 aliphatic carbocycles. The van der Waals surface area contributed by atoms with Gasteiger partial charge in [0.2, 0.25) is 0 Å². The molecule has 0 aromatic heterocycles. The fourth-order valence-electron chi connectivity index (χ4n) is 2.91. The van der Waals surface area contributed by atoms with Crippen LogP contribution in [0, 0.1) is 11.3 Å². The summed E-state index contributed by atoms with van der Waals surface area (Å²) in [5.41, 5.74) is 0.147. The number of rotatable bonds is 2. The Balaban J connectivity index is 2.57. The average molecular weight is 282 g/mol. The molecule has 0 saturated heterocycles. The Kier molecular flexibility index (Phi) is 3.21. The van der Waals surface area contributed by atoms with Crippen molar-refractivity contribution in [3.05, 3.63) is 29.8 Å². The van der Waals surface area contributed by atoms with E-state index in [1.54, 1.807) is 24.3 Å². The Morgan fingerprint density at radius 3 is 2.42 bits per heavy atom. The van der Waals surface area contributed by atoms with Crippen molar-refractivity contribution in [1.82, 2.24) is 0 Å². The predicted molar refractivity (Wildman–Crippen MR) is 71.8 cm³/mol. The van der Waals surface area contributed by atoms with Crippen LogP contribution in [0.1, 0.15) is 32.3 Å². The summed E-state index contributed by atoms with van der Waals surface area (Å²) in [5.74, 6) is -2.24. The van der Waals surface area contributed by atoms with Gasteiger partial charge in [0.25, 0.3) is 0 Å². The number of benzene rings is 1. The van der Waals surface area contributed by atoms with Crippen molar-refractivity contribution >= 4 is 15.8 Å². The molecule has 0 amide bonds. The van der Waals surface area contributed by atoms with Crippen molar-refractivity contribution in [1.29, 1.82) is 0 Å². The summed E-state index contributed by atoms with van der Waals surface area (Å²) in [6, 6.07) is 6.72. The molecule has 0 spiro atoms. The second-order valence-corrected chi connectivity index (χ2v) is 8.11. The molecule has 0 saturated carbocycles. The van der Waals surface area contributed by atoms with Crippen LogP contribution in [0.4, 0.5) is 0 Å². The van der Waals surface area contributed by atoms with Gasteiger partial charge in [0.05, 0.1) is 16.6 Å². The molecular formula is C14H18O4S. The maximum Gasteiger partial charge on any atom is 0.307 e. The van der Waals surface area contributed by atoms with Gasteiger partial charge in [-0.05, 0) is 17.0 Å². The summed E-state index contributed by atoms with van der Waals surface area (Å²) < 4.78 is 24.2. The molecule has 2 unspecified atom stereocenters. The van der Waals surface area contributed by atoms with Crippen LogP contribution in [0.15, 0.2) is 29.2 Å². The molecular weight excluding hydrogens is 264 g/mol. The number of aliphatic carboxylic acids is 1. The lowest BCUT2D eigenvalue weighted by molar-refractivity contribution is -0.146. The first-order chi connectivity index (χ1) is 8.64. The van der Waals surface area contributed by atoms with Gasteiger partial charge in [0.1, 0.15) is 0 Å². The SMILES string of the molecule is CC(C)(C)C(C(=O)O)C1CS(=O)(=O)c2ccccc21. The van der Waals surface area contributed by atoms with Crippen molar-refractivity contribution in [2.75, 3.05) is 5.75 Å². The third-order valence-corrected chi connectivity index (χ3v) is 5.49. The van der Waals surface area contributed by atoms with Gasteiger partial charge >= 0.3 is 5.97 Å². The minimum absolute atomic E-state index is 0.111. The highest BCUT2D eigenvalue weighted by Crippen LogP contribution is 2.45. The number of carboxylic acids is 1. The van der Waals surface area contributed by atoms with Crippen molar-refractivity contribution in [2.24, 2.45) is 11.3 Å². The first-order valence-electron chi connectivity index (χ1n) is 6.19. The van der Waals surface area contributed by atoms with E-state index in [2.05, 4.69) is 0 Å². The monoisotopic (exact) mass is 282 g/mol. The minimum atomic E-state index is -3.36. The zero-order valence-electron chi connectivity index (χ0n) is 11.3. The van der Waals surface area contributed by atoms with Gasteiger partial charge < -0.3 is 5.11 Å². The Bertz CT molecular complexity index is 611. The number of sulfone groups is 1. The van der Waals surface area contributed by atoms with Gasteiger partial charge in [0.15, 0.2) is 9.84 Å². The molecule has 1 aromatic rings. The summed E-state index contributed by atoms with van der Waals surface area (Å²) in [6.45, 7) is 5.50. The van der Waals surface area contributed by atoms with E-state index >= 15 is 0 Å². The van der Waals surface area contributed by atoms with Gasteiger partial charge in [0, 0.05) is 5.92 Å². The molecule has 104 valence electrons. The molecule has 2 atom stereocenters. The second kappa shape index (κ2) is 4.34. The highest BCUT2D eigenvalue weighted by molar-refractivity contribution is 7.91. The third kappa shape index (κ3) is 2.39. The molecule has 4 nitrogen and oxygen atoms in total. The molecule has 0 fully saturated rings. The van der Waals surface area contributed by atoms with Crippen LogP contribution in [0.25, 0.3) is 0 Å². The van der Waals surface area contributed by atoms with Gasteiger partial charge in [-0.1, -0.05) is 39.0 Å². The zero-order valence-corrected chi connectivity index (χ0v) is 12.1. The quantitative estimate of drug-likeness (QED) is 0.903. The van der Waals surface area contributed by atoms with Crippen LogP contribution in [0.5, 0.6) is 0 Å². The molecule has 2 rings (SSSR count). The van der Waals surface area contributed by atoms with Crippen molar-refractivity contribution in [2.45, 2.75) is 31.6 Å². The summed E-state index contributed by atoms with van der Waals surface area (Å²) in [7, 11) is -3.36. The van der Waals surface area contributed by atoms with Crippen molar-refractivity contribution < 1.29 is 18.3 Å². The van der Waals surface area contributed by atoms with E-state index in [4.69, 9.17) is 0 Å².